The summed E-state index contributed by atoms with van der Waals surface area (Å²) in [6.07, 6.45) is 1.66. The molecule has 3 aromatic rings. The van der Waals surface area contributed by atoms with Crippen molar-refractivity contribution in [1.29, 1.82) is 0 Å². The Bertz CT molecular complexity index is 713. The monoisotopic (exact) mass is 291 g/mol. The minimum absolute atomic E-state index is 0.313. The number of hydrogen-bond donors (Lipinski definition) is 0. The van der Waals surface area contributed by atoms with Gasteiger partial charge in [0.2, 0.25) is 5.82 Å². The second-order valence-corrected chi connectivity index (χ2v) is 4.52. The largest absolute Gasteiger partial charge is 0.334 e. The van der Waals surface area contributed by atoms with Crippen LogP contribution in [0.5, 0.6) is 0 Å². The third kappa shape index (κ3) is 2.32. The summed E-state index contributed by atoms with van der Waals surface area (Å²) in [5.41, 5.74) is 1.24. The van der Waals surface area contributed by atoms with Gasteiger partial charge in [-0.1, -0.05) is 40.5 Å². The van der Waals surface area contributed by atoms with Crippen molar-refractivity contribution in [2.24, 2.45) is 0 Å². The third-order valence-electron chi connectivity index (χ3n) is 2.50. The van der Waals surface area contributed by atoms with Crippen LogP contribution in [-0.2, 0) is 0 Å². The maximum atomic E-state index is 6.11. The van der Waals surface area contributed by atoms with Crippen molar-refractivity contribution in [3.63, 3.8) is 0 Å². The molecule has 0 spiro atoms. The van der Waals surface area contributed by atoms with Crippen LogP contribution >= 0.6 is 23.2 Å². The zero-order chi connectivity index (χ0) is 13.2. The van der Waals surface area contributed by atoms with E-state index in [1.807, 2.05) is 12.1 Å². The highest BCUT2D eigenvalue weighted by atomic mass is 35.5. The Morgan fingerprint density at radius 2 is 1.89 bits per heavy atom. The maximum absolute atomic E-state index is 6.11. The molecule has 94 valence electrons. The van der Waals surface area contributed by atoms with Gasteiger partial charge in [0.05, 0.1) is 15.6 Å². The Labute approximate surface area is 119 Å². The van der Waals surface area contributed by atoms with Crippen molar-refractivity contribution in [2.75, 3.05) is 0 Å². The molecule has 2 heterocycles. The third-order valence-corrected chi connectivity index (χ3v) is 3.32. The average Bonchev–Trinajstić information content (AvgIpc) is 2.92. The second-order valence-electron chi connectivity index (χ2n) is 3.74. The zero-order valence-corrected chi connectivity index (χ0v) is 11.1. The first-order valence-corrected chi connectivity index (χ1v) is 6.21. The molecule has 6 heteroatoms. The van der Waals surface area contributed by atoms with E-state index in [0.29, 0.717) is 33.0 Å². The van der Waals surface area contributed by atoms with E-state index in [0.717, 1.165) is 0 Å². The van der Waals surface area contributed by atoms with Crippen LogP contribution in [0.25, 0.3) is 23.0 Å². The van der Waals surface area contributed by atoms with Crippen LogP contribution in [0.3, 0.4) is 0 Å². The number of hydrogen-bond acceptors (Lipinski definition) is 4. The van der Waals surface area contributed by atoms with Gasteiger partial charge >= 0.3 is 0 Å². The molecule has 0 unspecified atom stereocenters. The van der Waals surface area contributed by atoms with Gasteiger partial charge in [0.25, 0.3) is 5.89 Å². The summed E-state index contributed by atoms with van der Waals surface area (Å²) < 4.78 is 5.20. The van der Waals surface area contributed by atoms with Gasteiger partial charge in [-0.25, -0.2) is 0 Å². The minimum Gasteiger partial charge on any atom is -0.334 e. The highest BCUT2D eigenvalue weighted by Crippen LogP contribution is 2.33. The molecule has 0 bridgehead atoms. The van der Waals surface area contributed by atoms with Gasteiger partial charge in [0, 0.05) is 6.20 Å². The molecule has 4 nitrogen and oxygen atoms in total. The lowest BCUT2D eigenvalue weighted by molar-refractivity contribution is 0.432. The highest BCUT2D eigenvalue weighted by molar-refractivity contribution is 6.43. The summed E-state index contributed by atoms with van der Waals surface area (Å²) in [7, 11) is 0. The topological polar surface area (TPSA) is 51.8 Å². The van der Waals surface area contributed by atoms with Gasteiger partial charge in [-0.05, 0) is 24.3 Å². The first-order chi connectivity index (χ1) is 9.25. The smallest absolute Gasteiger partial charge is 0.259 e. The molecule has 0 amide bonds. The van der Waals surface area contributed by atoms with E-state index >= 15 is 0 Å². The Morgan fingerprint density at radius 1 is 1.00 bits per heavy atom. The first kappa shape index (κ1) is 12.1. The Hall–Kier alpha value is -1.91. The number of aromatic nitrogens is 3. The van der Waals surface area contributed by atoms with Crippen molar-refractivity contribution >= 4 is 23.2 Å². The van der Waals surface area contributed by atoms with E-state index in [4.69, 9.17) is 27.7 Å². The molecule has 3 rings (SSSR count). The quantitative estimate of drug-likeness (QED) is 0.713. The van der Waals surface area contributed by atoms with Crippen LogP contribution in [-0.4, -0.2) is 15.1 Å². The lowest BCUT2D eigenvalue weighted by Gasteiger charge is -1.99. The normalized spacial score (nSPS) is 10.6. The fraction of sp³-hybridized carbons (Fsp3) is 0. The van der Waals surface area contributed by atoms with E-state index in [-0.39, 0.29) is 0 Å². The molecule has 0 saturated heterocycles. The molecule has 0 aliphatic rings. The van der Waals surface area contributed by atoms with E-state index in [2.05, 4.69) is 15.1 Å². The van der Waals surface area contributed by atoms with Crippen molar-refractivity contribution < 1.29 is 4.52 Å². The SMILES string of the molecule is Clc1cccc(-c2nc(-c3ccccn3)no2)c1Cl. The average molecular weight is 292 g/mol. The van der Waals surface area contributed by atoms with E-state index in [1.54, 1.807) is 30.5 Å². The summed E-state index contributed by atoms with van der Waals surface area (Å²) in [4.78, 5) is 8.42. The fourth-order valence-corrected chi connectivity index (χ4v) is 1.98. The molecule has 0 saturated carbocycles. The van der Waals surface area contributed by atoms with Crippen molar-refractivity contribution in [2.45, 2.75) is 0 Å². The van der Waals surface area contributed by atoms with Crippen LogP contribution < -0.4 is 0 Å². The van der Waals surface area contributed by atoms with Crippen LogP contribution in [0.1, 0.15) is 0 Å². The van der Waals surface area contributed by atoms with Gasteiger partial charge in [0.1, 0.15) is 5.69 Å². The molecule has 0 radical (unpaired) electrons. The van der Waals surface area contributed by atoms with Gasteiger partial charge in [0.15, 0.2) is 0 Å². The molecule has 0 atom stereocenters. The first-order valence-electron chi connectivity index (χ1n) is 5.45. The maximum Gasteiger partial charge on any atom is 0.259 e. The molecule has 19 heavy (non-hydrogen) atoms. The van der Waals surface area contributed by atoms with Crippen LogP contribution in [0.4, 0.5) is 0 Å². The lowest BCUT2D eigenvalue weighted by atomic mass is 10.2. The molecular formula is C13H7Cl2N3O. The van der Waals surface area contributed by atoms with Crippen molar-refractivity contribution in [3.05, 3.63) is 52.6 Å². The van der Waals surface area contributed by atoms with Crippen LogP contribution in [0.2, 0.25) is 10.0 Å². The summed E-state index contributed by atoms with van der Waals surface area (Å²) >= 11 is 12.1. The number of nitrogens with zero attached hydrogens (tertiary/aromatic N) is 3. The Balaban J connectivity index is 2.05. The molecule has 0 aliphatic carbocycles. The van der Waals surface area contributed by atoms with E-state index < -0.39 is 0 Å². The number of halogens is 2. The van der Waals surface area contributed by atoms with Crippen molar-refractivity contribution in [1.82, 2.24) is 15.1 Å². The summed E-state index contributed by atoms with van der Waals surface area (Å²) in [6, 6.07) is 10.7. The lowest BCUT2D eigenvalue weighted by Crippen LogP contribution is -1.84. The van der Waals surface area contributed by atoms with E-state index in [1.165, 1.54) is 0 Å². The number of rotatable bonds is 2. The van der Waals surface area contributed by atoms with Crippen LogP contribution in [0, 0.1) is 0 Å². The highest BCUT2D eigenvalue weighted by Gasteiger charge is 2.15. The predicted molar refractivity (Wildman–Crippen MR) is 73.0 cm³/mol. The second kappa shape index (κ2) is 4.99. The van der Waals surface area contributed by atoms with Gasteiger partial charge in [-0.2, -0.15) is 4.98 Å². The summed E-state index contributed by atoms with van der Waals surface area (Å²) in [6.45, 7) is 0. The summed E-state index contributed by atoms with van der Waals surface area (Å²) in [5, 5.41) is 4.71. The van der Waals surface area contributed by atoms with Gasteiger partial charge in [-0.15, -0.1) is 0 Å². The molecule has 2 aromatic heterocycles. The van der Waals surface area contributed by atoms with Crippen LogP contribution in [0.15, 0.2) is 47.1 Å². The summed E-state index contributed by atoms with van der Waals surface area (Å²) in [5.74, 6) is 0.722. The van der Waals surface area contributed by atoms with Crippen molar-refractivity contribution in [3.8, 4) is 23.0 Å². The molecular weight excluding hydrogens is 285 g/mol. The fourth-order valence-electron chi connectivity index (χ4n) is 1.60. The molecule has 1 aromatic carbocycles. The van der Waals surface area contributed by atoms with Gasteiger partial charge in [-0.3, -0.25) is 4.98 Å². The molecule has 0 aliphatic heterocycles. The standard InChI is InChI=1S/C13H7Cl2N3O/c14-9-5-3-4-8(11(9)15)13-17-12(18-19-13)10-6-1-2-7-16-10/h1-7H. The molecule has 0 N–H and O–H groups in total. The number of pyridine rings is 1. The molecule has 0 fully saturated rings. The zero-order valence-electron chi connectivity index (χ0n) is 9.55. The predicted octanol–water partition coefficient (Wildman–Crippen LogP) is 4.11. The van der Waals surface area contributed by atoms with Gasteiger partial charge < -0.3 is 4.52 Å². The van der Waals surface area contributed by atoms with E-state index in [9.17, 15) is 0 Å². The number of benzene rings is 1. The Kier molecular flexibility index (Phi) is 3.19. The minimum atomic E-state index is 0.313. The Morgan fingerprint density at radius 3 is 2.68 bits per heavy atom.